The summed E-state index contributed by atoms with van der Waals surface area (Å²) in [6, 6.07) is 15.3. The van der Waals surface area contributed by atoms with Gasteiger partial charge in [-0.05, 0) is 61.9 Å². The lowest BCUT2D eigenvalue weighted by atomic mass is 9.97. The molecule has 0 amide bonds. The highest BCUT2D eigenvalue weighted by Gasteiger charge is 2.22. The Hall–Kier alpha value is -2.66. The maximum atomic E-state index is 9.03. The lowest BCUT2D eigenvalue weighted by Gasteiger charge is -2.19. The zero-order valence-electron chi connectivity index (χ0n) is 18.8. The molecule has 168 valence electrons. The van der Waals surface area contributed by atoms with Gasteiger partial charge >= 0.3 is 0 Å². The Morgan fingerprint density at radius 2 is 1.72 bits per heavy atom. The predicted molar refractivity (Wildman–Crippen MR) is 127 cm³/mol. The molecule has 0 aliphatic heterocycles. The lowest BCUT2D eigenvalue weighted by Crippen LogP contribution is -2.25. The van der Waals surface area contributed by atoms with Gasteiger partial charge in [-0.25, -0.2) is 0 Å². The molecule has 0 radical (unpaired) electrons. The molecule has 1 aliphatic rings. The Bertz CT molecular complexity index is 967. The molecule has 32 heavy (non-hydrogen) atoms. The van der Waals surface area contributed by atoms with Gasteiger partial charge in [0, 0.05) is 18.6 Å². The van der Waals surface area contributed by atoms with Crippen LogP contribution < -0.4 is 9.47 Å². The summed E-state index contributed by atoms with van der Waals surface area (Å²) in [5.74, 6) is 8.74. The number of nitrogens with zero attached hydrogens (tertiary/aromatic N) is 1. The molecule has 0 N–H and O–H groups in total. The van der Waals surface area contributed by atoms with E-state index < -0.39 is 0 Å². The average Bonchev–Trinajstić information content (AvgIpc) is 3.64. The largest absolute Gasteiger partial charge is 0.493 e. The fraction of sp³-hybridized carbons (Fsp3) is 0.444. The molecular formula is C27H30ClNO3. The topological polar surface area (TPSA) is 51.5 Å². The van der Waals surface area contributed by atoms with E-state index in [9.17, 15) is 0 Å². The van der Waals surface area contributed by atoms with E-state index in [1.807, 2.05) is 19.1 Å². The Labute approximate surface area is 196 Å². The van der Waals surface area contributed by atoms with Gasteiger partial charge in [0.25, 0.3) is 0 Å². The Balaban J connectivity index is 1.56. The predicted octanol–water partition coefficient (Wildman–Crippen LogP) is 6.23. The van der Waals surface area contributed by atoms with Crippen LogP contribution in [0, 0.1) is 35.0 Å². The van der Waals surface area contributed by atoms with Crippen LogP contribution in [0.4, 0.5) is 0 Å². The summed E-state index contributed by atoms with van der Waals surface area (Å²) in [5.41, 5.74) is 1.64. The minimum Gasteiger partial charge on any atom is -0.493 e. The summed E-state index contributed by atoms with van der Waals surface area (Å²) in [4.78, 5) is 0. The Kier molecular flexibility index (Phi) is 9.29. The molecule has 0 saturated heterocycles. The van der Waals surface area contributed by atoms with Gasteiger partial charge in [-0.3, -0.25) is 0 Å². The molecule has 0 spiro atoms. The van der Waals surface area contributed by atoms with Crippen molar-refractivity contribution in [2.45, 2.75) is 39.0 Å². The minimum absolute atomic E-state index is 0.0668. The molecule has 2 unspecified atom stereocenters. The number of hydrogen-bond donors (Lipinski definition) is 0. The summed E-state index contributed by atoms with van der Waals surface area (Å²) in [6.07, 6.45) is 3.50. The number of benzene rings is 2. The lowest BCUT2D eigenvalue weighted by molar-refractivity contribution is 0.0508. The van der Waals surface area contributed by atoms with Crippen molar-refractivity contribution in [3.05, 3.63) is 58.6 Å². The normalized spacial score (nSPS) is 14.6. The van der Waals surface area contributed by atoms with E-state index in [0.717, 1.165) is 18.8 Å². The van der Waals surface area contributed by atoms with Crippen molar-refractivity contribution >= 4 is 11.6 Å². The van der Waals surface area contributed by atoms with E-state index in [1.165, 1.54) is 18.4 Å². The summed E-state index contributed by atoms with van der Waals surface area (Å²) in [6.45, 7) is 6.31. The summed E-state index contributed by atoms with van der Waals surface area (Å²) < 4.78 is 17.9. The van der Waals surface area contributed by atoms with Gasteiger partial charge in [-0.1, -0.05) is 36.6 Å². The fourth-order valence-electron chi connectivity index (χ4n) is 3.33. The van der Waals surface area contributed by atoms with Gasteiger partial charge in [0.15, 0.2) is 0 Å². The first-order chi connectivity index (χ1) is 15.6. The second kappa shape index (κ2) is 12.4. The van der Waals surface area contributed by atoms with Crippen LogP contribution >= 0.6 is 11.6 Å². The molecule has 1 saturated carbocycles. The molecule has 1 aliphatic carbocycles. The summed E-state index contributed by atoms with van der Waals surface area (Å²) in [7, 11) is 0. The molecule has 5 heteroatoms. The van der Waals surface area contributed by atoms with Crippen LogP contribution in [0.2, 0.25) is 5.02 Å². The fourth-order valence-corrected chi connectivity index (χ4v) is 3.54. The van der Waals surface area contributed by atoms with E-state index in [-0.39, 0.29) is 11.8 Å². The second-order valence-electron chi connectivity index (χ2n) is 8.15. The third-order valence-corrected chi connectivity index (χ3v) is 5.76. The molecule has 4 nitrogen and oxygen atoms in total. The molecule has 2 aromatic carbocycles. The van der Waals surface area contributed by atoms with Crippen LogP contribution in [-0.2, 0) is 4.74 Å². The highest BCUT2D eigenvalue weighted by Crippen LogP contribution is 2.29. The average molecular weight is 452 g/mol. The Morgan fingerprint density at radius 1 is 1.03 bits per heavy atom. The van der Waals surface area contributed by atoms with E-state index in [2.05, 4.69) is 37.0 Å². The van der Waals surface area contributed by atoms with Crippen molar-refractivity contribution in [2.24, 2.45) is 11.8 Å². The number of halogens is 1. The molecule has 0 bridgehead atoms. The molecule has 2 aromatic rings. The van der Waals surface area contributed by atoms with Gasteiger partial charge in [-0.15, -0.1) is 5.92 Å². The smallest absolute Gasteiger partial charge is 0.120 e. The highest BCUT2D eigenvalue weighted by atomic mass is 35.5. The third-order valence-electron chi connectivity index (χ3n) is 5.45. The maximum absolute atomic E-state index is 9.03. The maximum Gasteiger partial charge on any atom is 0.120 e. The van der Waals surface area contributed by atoms with Crippen LogP contribution in [0.1, 0.15) is 50.2 Å². The zero-order valence-corrected chi connectivity index (χ0v) is 19.5. The van der Waals surface area contributed by atoms with Crippen molar-refractivity contribution in [2.75, 3.05) is 26.4 Å². The first-order valence-electron chi connectivity index (χ1n) is 11.2. The van der Waals surface area contributed by atoms with Crippen molar-refractivity contribution in [3.8, 4) is 29.4 Å². The van der Waals surface area contributed by atoms with Crippen molar-refractivity contribution in [1.29, 1.82) is 5.26 Å². The molecular weight excluding hydrogens is 422 g/mol. The van der Waals surface area contributed by atoms with Crippen LogP contribution in [0.15, 0.2) is 42.5 Å². The second-order valence-corrected chi connectivity index (χ2v) is 8.55. The van der Waals surface area contributed by atoms with Crippen LogP contribution in [0.3, 0.4) is 0 Å². The standard InChI is InChI=1S/C27H30ClNO3/c1-3-5-22(4-2)23-8-11-25(12-9-23)31-18-21(17-30-16-20-6-7-20)19-32-26-13-10-24(15-29)27(28)14-26/h8-14,20-22H,4,6-7,16-19H2,1-2H3. The van der Waals surface area contributed by atoms with Crippen LogP contribution in [-0.4, -0.2) is 26.4 Å². The first-order valence-corrected chi connectivity index (χ1v) is 11.6. The van der Waals surface area contributed by atoms with Gasteiger partial charge in [0.1, 0.15) is 17.6 Å². The molecule has 3 rings (SSSR count). The number of ether oxygens (including phenoxy) is 3. The van der Waals surface area contributed by atoms with Gasteiger partial charge in [-0.2, -0.15) is 5.26 Å². The van der Waals surface area contributed by atoms with Gasteiger partial charge < -0.3 is 14.2 Å². The molecule has 2 atom stereocenters. The monoisotopic (exact) mass is 451 g/mol. The van der Waals surface area contributed by atoms with E-state index >= 15 is 0 Å². The number of rotatable bonds is 12. The van der Waals surface area contributed by atoms with Crippen LogP contribution in [0.25, 0.3) is 0 Å². The van der Waals surface area contributed by atoms with Gasteiger partial charge in [0.05, 0.1) is 36.3 Å². The Morgan fingerprint density at radius 3 is 2.31 bits per heavy atom. The van der Waals surface area contributed by atoms with Gasteiger partial charge in [0.2, 0.25) is 0 Å². The zero-order chi connectivity index (χ0) is 22.8. The van der Waals surface area contributed by atoms with Crippen molar-refractivity contribution in [1.82, 2.24) is 0 Å². The third kappa shape index (κ3) is 7.49. The van der Waals surface area contributed by atoms with E-state index in [1.54, 1.807) is 18.2 Å². The molecule has 0 aromatic heterocycles. The number of nitriles is 1. The first kappa shape index (κ1) is 24.0. The van der Waals surface area contributed by atoms with Crippen molar-refractivity contribution in [3.63, 3.8) is 0 Å². The van der Waals surface area contributed by atoms with E-state index in [0.29, 0.717) is 42.1 Å². The quantitative estimate of drug-likeness (QED) is 0.359. The molecule has 0 heterocycles. The highest BCUT2D eigenvalue weighted by molar-refractivity contribution is 6.31. The van der Waals surface area contributed by atoms with E-state index in [4.69, 9.17) is 31.1 Å². The molecule has 1 fully saturated rings. The SMILES string of the molecule is CC#CC(CC)c1ccc(OCC(COCC2CC2)COc2ccc(C#N)c(Cl)c2)cc1. The van der Waals surface area contributed by atoms with Crippen molar-refractivity contribution < 1.29 is 14.2 Å². The minimum atomic E-state index is 0.0668. The summed E-state index contributed by atoms with van der Waals surface area (Å²) >= 11 is 6.12. The van der Waals surface area contributed by atoms with Crippen LogP contribution in [0.5, 0.6) is 11.5 Å². The number of hydrogen-bond acceptors (Lipinski definition) is 4. The summed E-state index contributed by atoms with van der Waals surface area (Å²) in [5, 5.41) is 9.42.